The summed E-state index contributed by atoms with van der Waals surface area (Å²) in [5.74, 6) is 0. The van der Waals surface area contributed by atoms with Crippen molar-refractivity contribution in [2.45, 2.75) is 99.3 Å². The molecule has 0 spiro atoms. The zero-order chi connectivity index (χ0) is 12.6. The Balaban J connectivity index is 0. The first kappa shape index (κ1) is 21.5. The maximum absolute atomic E-state index is 2.30. The van der Waals surface area contributed by atoms with Crippen LogP contribution in [-0.4, -0.2) is 22.9 Å². The Kier molecular flexibility index (Phi) is 24.4. The topological polar surface area (TPSA) is 0 Å². The van der Waals surface area contributed by atoms with Crippen LogP contribution in [0.5, 0.6) is 0 Å². The fourth-order valence-electron chi connectivity index (χ4n) is 2.28. The molecule has 0 rings (SSSR count). The van der Waals surface area contributed by atoms with Gasteiger partial charge in [0.15, 0.2) is 0 Å². The number of hydrogen-bond donors (Lipinski definition) is 0. The van der Waals surface area contributed by atoms with E-state index in [0.717, 1.165) is 0 Å². The molecule has 18 heavy (non-hydrogen) atoms. The third-order valence-corrected chi connectivity index (χ3v) is 8.18. The third-order valence-electron chi connectivity index (χ3n) is 3.52. The van der Waals surface area contributed by atoms with E-state index < -0.39 is 0 Å². The number of halogens is 1. The number of rotatable bonds is 14. The van der Waals surface area contributed by atoms with Crippen LogP contribution < -0.4 is 12.4 Å². The Labute approximate surface area is 134 Å². The van der Waals surface area contributed by atoms with Crippen LogP contribution in [0.2, 0.25) is 8.35 Å². The number of hydrogen-bond acceptors (Lipinski definition) is 0. The van der Waals surface area contributed by atoms with E-state index in [4.69, 9.17) is 0 Å². The Bertz CT molecular complexity index is 114. The van der Waals surface area contributed by atoms with Crippen LogP contribution in [0.1, 0.15) is 90.9 Å². The minimum Gasteiger partial charge on any atom is -1.00 e. The zero-order valence-electron chi connectivity index (χ0n) is 12.9. The maximum Gasteiger partial charge on any atom is -1.00 e. The average Bonchev–Trinajstić information content (AvgIpc) is 2.35. The summed E-state index contributed by atoms with van der Waals surface area (Å²) in [7, 11) is 0. The monoisotopic (exact) mass is 376 g/mol. The number of unbranched alkanes of at least 4 members (excludes halogenated alkanes) is 10. The normalized spacial score (nSPS) is 9.89. The van der Waals surface area contributed by atoms with E-state index in [1.54, 1.807) is 21.2 Å². The van der Waals surface area contributed by atoms with E-state index in [9.17, 15) is 0 Å². The summed E-state index contributed by atoms with van der Waals surface area (Å²) < 4.78 is 3.35. The van der Waals surface area contributed by atoms with Crippen LogP contribution in [0.4, 0.5) is 0 Å². The van der Waals surface area contributed by atoms with Gasteiger partial charge in [-0.15, -0.1) is 0 Å². The van der Waals surface area contributed by atoms with E-state index in [-0.39, 0.29) is 35.3 Å². The second kappa shape index (κ2) is 20.5. The Morgan fingerprint density at radius 2 is 0.833 bits per heavy atom. The summed E-state index contributed by atoms with van der Waals surface area (Å²) in [6.45, 7) is 4.60. The summed E-state index contributed by atoms with van der Waals surface area (Å²) in [5.41, 5.74) is 0. The second-order valence-corrected chi connectivity index (χ2v) is 10.3. The van der Waals surface area contributed by atoms with Gasteiger partial charge in [-0.3, -0.25) is 0 Å². The van der Waals surface area contributed by atoms with E-state index in [2.05, 4.69) is 13.8 Å². The molecule has 108 valence electrons. The molecular formula is C16H34ClIn. The molecule has 0 atom stereocenters. The Hall–Kier alpha value is 1.16. The van der Waals surface area contributed by atoms with Crippen LogP contribution in [-0.2, 0) is 0 Å². The molecule has 0 bridgehead atoms. The molecule has 0 unspecified atom stereocenters. The smallest absolute Gasteiger partial charge is 1.00 e. The van der Waals surface area contributed by atoms with Crippen LogP contribution in [0.25, 0.3) is 0 Å². The first-order valence-electron chi connectivity index (χ1n) is 8.23. The van der Waals surface area contributed by atoms with E-state index >= 15 is 0 Å². The van der Waals surface area contributed by atoms with Gasteiger partial charge in [0, 0.05) is 0 Å². The molecule has 0 N–H and O–H groups in total. The van der Waals surface area contributed by atoms with Crippen LogP contribution in [0, 0.1) is 0 Å². The van der Waals surface area contributed by atoms with Crippen LogP contribution in [0.15, 0.2) is 0 Å². The van der Waals surface area contributed by atoms with Gasteiger partial charge in [0.05, 0.1) is 0 Å². The van der Waals surface area contributed by atoms with Gasteiger partial charge in [-0.1, -0.05) is 0 Å². The maximum atomic E-state index is 2.30. The molecular weight excluding hydrogens is 342 g/mol. The predicted molar refractivity (Wildman–Crippen MR) is 82.1 cm³/mol. The Morgan fingerprint density at radius 1 is 0.500 bits per heavy atom. The first-order chi connectivity index (χ1) is 8.41. The van der Waals surface area contributed by atoms with Crippen molar-refractivity contribution in [2.24, 2.45) is 0 Å². The molecule has 0 aromatic heterocycles. The van der Waals surface area contributed by atoms with Crippen molar-refractivity contribution >= 4 is 22.9 Å². The van der Waals surface area contributed by atoms with Gasteiger partial charge in [-0.2, -0.15) is 0 Å². The minimum absolute atomic E-state index is 0. The van der Waals surface area contributed by atoms with Crippen molar-refractivity contribution in [3.8, 4) is 0 Å². The molecule has 0 fully saturated rings. The van der Waals surface area contributed by atoms with Crippen molar-refractivity contribution < 1.29 is 12.4 Å². The molecule has 0 aliphatic heterocycles. The first-order valence-corrected chi connectivity index (χ1v) is 12.9. The molecule has 0 saturated carbocycles. The van der Waals surface area contributed by atoms with Crippen molar-refractivity contribution in [3.05, 3.63) is 0 Å². The molecule has 0 aliphatic rings. The fourth-order valence-corrected chi connectivity index (χ4v) is 6.40. The average molecular weight is 377 g/mol. The van der Waals surface area contributed by atoms with Gasteiger partial charge in [0.1, 0.15) is 0 Å². The summed E-state index contributed by atoms with van der Waals surface area (Å²) in [6.07, 6.45) is 17.9. The van der Waals surface area contributed by atoms with Gasteiger partial charge in [0.25, 0.3) is 0 Å². The summed E-state index contributed by atoms with van der Waals surface area (Å²) in [4.78, 5) is 0. The molecule has 0 nitrogen and oxygen atoms in total. The van der Waals surface area contributed by atoms with Gasteiger partial charge in [0.2, 0.25) is 0 Å². The van der Waals surface area contributed by atoms with Crippen molar-refractivity contribution in [3.63, 3.8) is 0 Å². The van der Waals surface area contributed by atoms with Crippen LogP contribution >= 0.6 is 0 Å². The van der Waals surface area contributed by atoms with Gasteiger partial charge >= 0.3 is 122 Å². The van der Waals surface area contributed by atoms with Crippen molar-refractivity contribution in [1.29, 1.82) is 0 Å². The molecule has 2 heteroatoms. The molecule has 0 aromatic carbocycles. The summed E-state index contributed by atoms with van der Waals surface area (Å²) >= 11 is -0.0928. The fraction of sp³-hybridized carbons (Fsp3) is 1.00. The van der Waals surface area contributed by atoms with E-state index in [0.29, 0.717) is 0 Å². The molecule has 0 heterocycles. The second-order valence-electron chi connectivity index (χ2n) is 5.40. The molecule has 0 amide bonds. The Morgan fingerprint density at radius 3 is 1.22 bits per heavy atom. The van der Waals surface area contributed by atoms with E-state index in [1.807, 2.05) is 0 Å². The standard InChI is InChI=1S/2C8H17.ClH.In/c2*1-3-5-7-8-6-4-2;;/h2*1,3-8H2,2H3;1H;/q;;;+1/p-1. The van der Waals surface area contributed by atoms with E-state index in [1.165, 1.54) is 64.2 Å². The largest absolute Gasteiger partial charge is 1.00 e. The molecule has 0 radical (unpaired) electrons. The van der Waals surface area contributed by atoms with Crippen LogP contribution in [0.3, 0.4) is 0 Å². The summed E-state index contributed by atoms with van der Waals surface area (Å²) in [6, 6.07) is 0. The zero-order valence-corrected chi connectivity index (χ0v) is 16.9. The SMILES string of the molecule is CCCCCCC[CH2][In+][CH2]CCCCCCC.[Cl-]. The van der Waals surface area contributed by atoms with Gasteiger partial charge in [-0.05, 0) is 0 Å². The van der Waals surface area contributed by atoms with Gasteiger partial charge < -0.3 is 12.4 Å². The quantitative estimate of drug-likeness (QED) is 0.408. The molecule has 0 aromatic rings. The van der Waals surface area contributed by atoms with Gasteiger partial charge in [-0.25, -0.2) is 0 Å². The predicted octanol–water partition coefficient (Wildman–Crippen LogP) is 3.25. The third kappa shape index (κ3) is 19.5. The van der Waals surface area contributed by atoms with Crippen molar-refractivity contribution in [2.75, 3.05) is 0 Å². The molecule has 0 saturated heterocycles. The van der Waals surface area contributed by atoms with Crippen molar-refractivity contribution in [1.82, 2.24) is 0 Å². The summed E-state index contributed by atoms with van der Waals surface area (Å²) in [5, 5.41) is 0. The minimum atomic E-state index is -0.0928. The molecule has 0 aliphatic carbocycles.